The molecule has 0 aromatic carbocycles. The van der Waals surface area contributed by atoms with Crippen LogP contribution in [-0.2, 0) is 4.74 Å². The molecule has 0 N–H and O–H groups in total. The number of nitrogens with zero attached hydrogens (tertiary/aromatic N) is 2. The van der Waals surface area contributed by atoms with Gasteiger partial charge in [-0.3, -0.25) is 4.79 Å². The lowest BCUT2D eigenvalue weighted by Crippen LogP contribution is -2.41. The molecule has 1 amide bonds. The second kappa shape index (κ2) is 4.35. The summed E-state index contributed by atoms with van der Waals surface area (Å²) < 4.78 is 18.3. The molecule has 5 heteroatoms. The minimum absolute atomic E-state index is 0.143. The van der Waals surface area contributed by atoms with Gasteiger partial charge in [-0.1, -0.05) is 0 Å². The molecule has 1 aromatic heterocycles. The molecule has 1 aliphatic heterocycles. The lowest BCUT2D eigenvalue weighted by atomic mass is 10.3. The minimum atomic E-state index is -0.631. The van der Waals surface area contributed by atoms with Crippen LogP contribution in [0.5, 0.6) is 0 Å². The van der Waals surface area contributed by atoms with Gasteiger partial charge in [-0.25, -0.2) is 9.37 Å². The van der Waals surface area contributed by atoms with E-state index < -0.39 is 5.82 Å². The van der Waals surface area contributed by atoms with Crippen molar-refractivity contribution in [1.29, 1.82) is 0 Å². The van der Waals surface area contributed by atoms with Gasteiger partial charge in [0.15, 0.2) is 11.5 Å². The third-order valence-corrected chi connectivity index (χ3v) is 2.21. The van der Waals surface area contributed by atoms with Gasteiger partial charge in [0.05, 0.1) is 13.2 Å². The van der Waals surface area contributed by atoms with Crippen molar-refractivity contribution in [1.82, 2.24) is 9.88 Å². The van der Waals surface area contributed by atoms with Crippen molar-refractivity contribution in [2.45, 2.75) is 0 Å². The number of aromatic nitrogens is 1. The fraction of sp³-hybridized carbons (Fsp3) is 0.400. The highest BCUT2D eigenvalue weighted by Gasteiger charge is 2.21. The van der Waals surface area contributed by atoms with E-state index in [1.54, 1.807) is 0 Å². The van der Waals surface area contributed by atoms with E-state index in [2.05, 4.69) is 11.1 Å². The zero-order valence-electron chi connectivity index (χ0n) is 8.07. The molecule has 0 saturated carbocycles. The van der Waals surface area contributed by atoms with E-state index in [0.29, 0.717) is 26.3 Å². The van der Waals surface area contributed by atoms with E-state index in [9.17, 15) is 9.18 Å². The van der Waals surface area contributed by atoms with E-state index in [0.717, 1.165) is 6.07 Å². The smallest absolute Gasteiger partial charge is 0.275 e. The topological polar surface area (TPSA) is 42.4 Å². The van der Waals surface area contributed by atoms with Crippen LogP contribution >= 0.6 is 0 Å². The molecule has 2 rings (SSSR count). The van der Waals surface area contributed by atoms with Crippen LogP contribution in [0.25, 0.3) is 0 Å². The minimum Gasteiger partial charge on any atom is -0.378 e. The number of hydrogen-bond donors (Lipinski definition) is 0. The van der Waals surface area contributed by atoms with Crippen LogP contribution in [0, 0.1) is 11.9 Å². The Morgan fingerprint density at radius 2 is 2.27 bits per heavy atom. The molecule has 1 saturated heterocycles. The fourth-order valence-electron chi connectivity index (χ4n) is 1.42. The Labute approximate surface area is 86.7 Å². The molecule has 79 valence electrons. The van der Waals surface area contributed by atoms with E-state index in [-0.39, 0.29) is 11.6 Å². The summed E-state index contributed by atoms with van der Waals surface area (Å²) in [5.74, 6) is -1.02. The molecule has 0 spiro atoms. The molecule has 1 aromatic rings. The number of pyridine rings is 1. The van der Waals surface area contributed by atoms with Gasteiger partial charge in [0.25, 0.3) is 5.91 Å². The molecular weight excluding hydrogens is 199 g/mol. The van der Waals surface area contributed by atoms with Crippen LogP contribution in [0.1, 0.15) is 10.5 Å². The Kier molecular flexibility index (Phi) is 2.91. The van der Waals surface area contributed by atoms with Crippen molar-refractivity contribution in [2.75, 3.05) is 26.3 Å². The number of carbonyl (C=O) groups excluding carboxylic acids is 1. The Balaban J connectivity index is 2.16. The largest absolute Gasteiger partial charge is 0.378 e. The summed E-state index contributed by atoms with van der Waals surface area (Å²) in [6.07, 6.45) is 1.29. The molecule has 1 radical (unpaired) electrons. The first-order valence-electron chi connectivity index (χ1n) is 4.67. The molecule has 2 heterocycles. The molecule has 15 heavy (non-hydrogen) atoms. The van der Waals surface area contributed by atoms with Gasteiger partial charge in [-0.15, -0.1) is 0 Å². The number of amides is 1. The van der Waals surface area contributed by atoms with Crippen molar-refractivity contribution < 1.29 is 13.9 Å². The Bertz CT molecular complexity index is 364. The predicted molar refractivity (Wildman–Crippen MR) is 49.8 cm³/mol. The lowest BCUT2D eigenvalue weighted by molar-refractivity contribution is 0.0295. The maximum atomic E-state index is 13.2. The predicted octanol–water partition coefficient (Wildman–Crippen LogP) is 0.493. The monoisotopic (exact) mass is 209 g/mol. The summed E-state index contributed by atoms with van der Waals surface area (Å²) in [7, 11) is 0. The Hall–Kier alpha value is -1.49. The second-order valence-electron chi connectivity index (χ2n) is 3.17. The van der Waals surface area contributed by atoms with Crippen molar-refractivity contribution >= 4 is 5.91 Å². The average molecular weight is 209 g/mol. The molecule has 0 atom stereocenters. The lowest BCUT2D eigenvalue weighted by Gasteiger charge is -2.26. The van der Waals surface area contributed by atoms with Gasteiger partial charge < -0.3 is 9.64 Å². The summed E-state index contributed by atoms with van der Waals surface area (Å²) in [5, 5.41) is 0. The standard InChI is InChI=1S/C10H10FN2O2/c11-8-2-1-3-12-9(8)10(14)13-4-6-15-7-5-13/h2-3H,4-7H2. The highest BCUT2D eigenvalue weighted by Crippen LogP contribution is 2.08. The summed E-state index contributed by atoms with van der Waals surface area (Å²) in [6.45, 7) is 1.95. The van der Waals surface area contributed by atoms with Gasteiger partial charge in [-0.05, 0) is 6.07 Å². The highest BCUT2D eigenvalue weighted by molar-refractivity contribution is 5.92. The zero-order valence-corrected chi connectivity index (χ0v) is 8.07. The van der Waals surface area contributed by atoms with Gasteiger partial charge in [0, 0.05) is 25.4 Å². The molecular formula is C10H10FN2O2. The van der Waals surface area contributed by atoms with E-state index in [4.69, 9.17) is 4.74 Å². The fourth-order valence-corrected chi connectivity index (χ4v) is 1.42. The molecule has 1 fully saturated rings. The third-order valence-electron chi connectivity index (χ3n) is 2.21. The first kappa shape index (κ1) is 10.0. The molecule has 1 aliphatic rings. The molecule has 0 unspecified atom stereocenters. The molecule has 4 nitrogen and oxygen atoms in total. The number of carbonyl (C=O) groups is 1. The number of hydrogen-bond acceptors (Lipinski definition) is 3. The Morgan fingerprint density at radius 3 is 2.93 bits per heavy atom. The van der Waals surface area contributed by atoms with Crippen LogP contribution in [0.15, 0.2) is 12.3 Å². The number of ether oxygens (including phenoxy) is 1. The van der Waals surface area contributed by atoms with Gasteiger partial charge >= 0.3 is 0 Å². The zero-order chi connectivity index (χ0) is 10.7. The first-order chi connectivity index (χ1) is 7.29. The summed E-state index contributed by atoms with van der Waals surface area (Å²) in [5.41, 5.74) is -0.143. The normalized spacial score (nSPS) is 16.5. The van der Waals surface area contributed by atoms with Crippen molar-refractivity contribution in [2.24, 2.45) is 0 Å². The number of morpholine rings is 1. The van der Waals surface area contributed by atoms with Crippen LogP contribution in [0.4, 0.5) is 4.39 Å². The third kappa shape index (κ3) is 2.12. The van der Waals surface area contributed by atoms with Gasteiger partial charge in [0.1, 0.15) is 0 Å². The average Bonchev–Trinajstić information content (AvgIpc) is 2.30. The van der Waals surface area contributed by atoms with Crippen LogP contribution in [-0.4, -0.2) is 42.1 Å². The quantitative estimate of drug-likeness (QED) is 0.676. The summed E-state index contributed by atoms with van der Waals surface area (Å²) in [4.78, 5) is 17.0. The maximum absolute atomic E-state index is 13.2. The van der Waals surface area contributed by atoms with Gasteiger partial charge in [-0.2, -0.15) is 0 Å². The highest BCUT2D eigenvalue weighted by atomic mass is 19.1. The van der Waals surface area contributed by atoms with Crippen LogP contribution in [0.3, 0.4) is 0 Å². The van der Waals surface area contributed by atoms with Crippen molar-refractivity contribution in [3.8, 4) is 0 Å². The van der Waals surface area contributed by atoms with Crippen molar-refractivity contribution in [3.63, 3.8) is 0 Å². The first-order valence-corrected chi connectivity index (χ1v) is 4.67. The van der Waals surface area contributed by atoms with E-state index in [1.807, 2.05) is 0 Å². The molecule has 0 aliphatic carbocycles. The number of rotatable bonds is 1. The van der Waals surface area contributed by atoms with Crippen LogP contribution in [0.2, 0.25) is 0 Å². The maximum Gasteiger partial charge on any atom is 0.275 e. The SMILES string of the molecule is O=C(c1nc[c]cc1F)N1CCOCC1. The molecule has 0 bridgehead atoms. The van der Waals surface area contributed by atoms with Crippen LogP contribution < -0.4 is 0 Å². The number of halogens is 1. The van der Waals surface area contributed by atoms with E-state index in [1.165, 1.54) is 11.1 Å². The Morgan fingerprint density at radius 1 is 1.53 bits per heavy atom. The van der Waals surface area contributed by atoms with Gasteiger partial charge in [0.2, 0.25) is 0 Å². The van der Waals surface area contributed by atoms with E-state index >= 15 is 0 Å². The summed E-state index contributed by atoms with van der Waals surface area (Å²) in [6, 6.07) is 3.59. The summed E-state index contributed by atoms with van der Waals surface area (Å²) >= 11 is 0. The second-order valence-corrected chi connectivity index (χ2v) is 3.17. The van der Waals surface area contributed by atoms with Crippen molar-refractivity contribution in [3.05, 3.63) is 29.8 Å².